The summed E-state index contributed by atoms with van der Waals surface area (Å²) in [5.74, 6) is -0.511. The second kappa shape index (κ2) is 8.78. The van der Waals surface area contributed by atoms with Gasteiger partial charge in [0.2, 0.25) is 10.0 Å². The number of esters is 1. The predicted molar refractivity (Wildman–Crippen MR) is 94.7 cm³/mol. The molecule has 6 nitrogen and oxygen atoms in total. The molecule has 0 bridgehead atoms. The lowest BCUT2D eigenvalue weighted by Gasteiger charge is -2.30. The van der Waals surface area contributed by atoms with Gasteiger partial charge in [-0.05, 0) is 45.7 Å². The Bertz CT molecular complexity index is 661. The Labute approximate surface area is 150 Å². The molecule has 0 spiro atoms. The number of hydrogen-bond donors (Lipinski definition) is 0. The highest BCUT2D eigenvalue weighted by atomic mass is 32.2. The van der Waals surface area contributed by atoms with Crippen LogP contribution in [-0.4, -0.2) is 51.1 Å². The Morgan fingerprint density at radius 2 is 1.76 bits per heavy atom. The molecule has 0 saturated carbocycles. The zero-order chi connectivity index (χ0) is 18.4. The molecule has 0 radical (unpaired) electrons. The average Bonchev–Trinajstić information content (AvgIpc) is 2.59. The van der Waals surface area contributed by atoms with Crippen LogP contribution in [0.1, 0.15) is 32.3 Å². The van der Waals surface area contributed by atoms with E-state index in [9.17, 15) is 13.2 Å². The minimum absolute atomic E-state index is 0.105. The summed E-state index contributed by atoms with van der Waals surface area (Å²) in [6.07, 6.45) is 1.07. The third-order valence-corrected chi connectivity index (χ3v) is 6.14. The van der Waals surface area contributed by atoms with Crippen LogP contribution in [-0.2, 0) is 24.3 Å². The lowest BCUT2D eigenvalue weighted by molar-refractivity contribution is -0.151. The summed E-state index contributed by atoms with van der Waals surface area (Å²) in [5, 5.41) is 0. The molecule has 0 unspecified atom stereocenters. The molecule has 1 aromatic carbocycles. The normalized spacial score (nSPS) is 17.0. The summed E-state index contributed by atoms with van der Waals surface area (Å²) < 4.78 is 37.3. The van der Waals surface area contributed by atoms with Crippen molar-refractivity contribution >= 4 is 16.0 Å². The van der Waals surface area contributed by atoms with E-state index in [1.54, 1.807) is 24.3 Å². The van der Waals surface area contributed by atoms with Crippen LogP contribution in [0.25, 0.3) is 0 Å². The number of rotatable bonds is 7. The van der Waals surface area contributed by atoms with Crippen molar-refractivity contribution in [2.75, 3.05) is 26.3 Å². The zero-order valence-corrected chi connectivity index (χ0v) is 15.9. The van der Waals surface area contributed by atoms with Crippen LogP contribution in [0.3, 0.4) is 0 Å². The van der Waals surface area contributed by atoms with E-state index in [1.807, 2.05) is 20.8 Å². The topological polar surface area (TPSA) is 72.9 Å². The van der Waals surface area contributed by atoms with E-state index in [4.69, 9.17) is 9.47 Å². The van der Waals surface area contributed by atoms with E-state index in [0.29, 0.717) is 37.4 Å². The largest absolute Gasteiger partial charge is 0.463 e. The molecule has 0 aromatic heterocycles. The van der Waals surface area contributed by atoms with Gasteiger partial charge in [0.15, 0.2) is 0 Å². The molecular formula is C18H27NO5S. The maximum absolute atomic E-state index is 12.6. The van der Waals surface area contributed by atoms with Crippen molar-refractivity contribution in [3.05, 3.63) is 29.8 Å². The molecule has 25 heavy (non-hydrogen) atoms. The van der Waals surface area contributed by atoms with Gasteiger partial charge < -0.3 is 9.47 Å². The van der Waals surface area contributed by atoms with E-state index >= 15 is 0 Å². The number of aryl methyl sites for hydroxylation is 1. The Morgan fingerprint density at radius 1 is 1.16 bits per heavy atom. The second-order valence-corrected chi connectivity index (χ2v) is 8.52. The quantitative estimate of drug-likeness (QED) is 0.545. The minimum atomic E-state index is -3.50. The highest BCUT2D eigenvalue weighted by Gasteiger charge is 2.32. The van der Waals surface area contributed by atoms with Gasteiger partial charge in [-0.3, -0.25) is 4.79 Å². The van der Waals surface area contributed by atoms with E-state index in [-0.39, 0.29) is 24.6 Å². The van der Waals surface area contributed by atoms with Gasteiger partial charge in [0, 0.05) is 13.1 Å². The number of nitrogens with zero attached hydrogens (tertiary/aromatic N) is 1. The van der Waals surface area contributed by atoms with Gasteiger partial charge in [0.1, 0.15) is 6.61 Å². The van der Waals surface area contributed by atoms with Gasteiger partial charge in [-0.15, -0.1) is 0 Å². The molecule has 140 valence electrons. The van der Waals surface area contributed by atoms with Crippen molar-refractivity contribution in [3.8, 4) is 0 Å². The summed E-state index contributed by atoms with van der Waals surface area (Å²) in [6.45, 7) is 7.04. The lowest BCUT2D eigenvalue weighted by Crippen LogP contribution is -2.40. The van der Waals surface area contributed by atoms with E-state index in [1.165, 1.54) is 4.31 Å². The summed E-state index contributed by atoms with van der Waals surface area (Å²) in [6, 6.07) is 6.83. The number of carbonyl (C=O) groups excluding carboxylic acids is 1. The number of carbonyl (C=O) groups is 1. The minimum Gasteiger partial charge on any atom is -0.463 e. The molecule has 1 fully saturated rings. The molecule has 0 aliphatic carbocycles. The van der Waals surface area contributed by atoms with Crippen LogP contribution in [0.5, 0.6) is 0 Å². The highest BCUT2D eigenvalue weighted by Crippen LogP contribution is 2.24. The van der Waals surface area contributed by atoms with Gasteiger partial charge in [0.25, 0.3) is 0 Å². The smallest absolute Gasteiger partial charge is 0.309 e. The molecule has 1 aromatic rings. The maximum Gasteiger partial charge on any atom is 0.309 e. The number of piperidine rings is 1. The Morgan fingerprint density at radius 3 is 2.32 bits per heavy atom. The van der Waals surface area contributed by atoms with Gasteiger partial charge in [-0.2, -0.15) is 4.31 Å². The standard InChI is InChI=1S/C18H27NO5S/c1-14(2)23-12-13-24-18(20)16-8-10-19(11-9-16)25(21,22)17-6-4-15(3)5-7-17/h4-7,14,16H,8-13H2,1-3H3. The molecule has 7 heteroatoms. The Balaban J connectivity index is 1.84. The SMILES string of the molecule is Cc1ccc(S(=O)(=O)N2CCC(C(=O)OCCOC(C)C)CC2)cc1. The molecule has 0 amide bonds. The van der Waals surface area contributed by atoms with Crippen molar-refractivity contribution in [3.63, 3.8) is 0 Å². The average molecular weight is 369 g/mol. The van der Waals surface area contributed by atoms with Crippen LogP contribution in [0.4, 0.5) is 0 Å². The highest BCUT2D eigenvalue weighted by molar-refractivity contribution is 7.89. The van der Waals surface area contributed by atoms with Crippen LogP contribution < -0.4 is 0 Å². The first-order valence-corrected chi connectivity index (χ1v) is 10.1. The summed E-state index contributed by atoms with van der Waals surface area (Å²) in [4.78, 5) is 12.4. The Hall–Kier alpha value is -1.44. The molecule has 1 aliphatic rings. The third-order valence-electron chi connectivity index (χ3n) is 4.22. The fourth-order valence-electron chi connectivity index (χ4n) is 2.74. The number of ether oxygens (including phenoxy) is 2. The zero-order valence-electron chi connectivity index (χ0n) is 15.1. The number of benzene rings is 1. The van der Waals surface area contributed by atoms with E-state index in [2.05, 4.69) is 0 Å². The number of sulfonamides is 1. The molecule has 1 aliphatic heterocycles. The third kappa shape index (κ3) is 5.52. The van der Waals surface area contributed by atoms with Crippen LogP contribution in [0.15, 0.2) is 29.2 Å². The first-order valence-electron chi connectivity index (χ1n) is 8.66. The molecule has 0 atom stereocenters. The van der Waals surface area contributed by atoms with Crippen LogP contribution in [0.2, 0.25) is 0 Å². The van der Waals surface area contributed by atoms with Gasteiger partial charge >= 0.3 is 5.97 Å². The van der Waals surface area contributed by atoms with Gasteiger partial charge in [-0.1, -0.05) is 17.7 Å². The fraction of sp³-hybridized carbons (Fsp3) is 0.611. The lowest BCUT2D eigenvalue weighted by atomic mass is 9.98. The van der Waals surface area contributed by atoms with E-state index in [0.717, 1.165) is 5.56 Å². The van der Waals surface area contributed by atoms with E-state index < -0.39 is 10.0 Å². The fourth-order valence-corrected chi connectivity index (χ4v) is 4.20. The summed E-state index contributed by atoms with van der Waals surface area (Å²) >= 11 is 0. The predicted octanol–water partition coefficient (Wildman–Crippen LogP) is 2.36. The van der Waals surface area contributed by atoms with Gasteiger partial charge in [0.05, 0.1) is 23.5 Å². The molecule has 0 N–H and O–H groups in total. The molecule has 1 heterocycles. The van der Waals surface area contributed by atoms with Crippen molar-refractivity contribution in [1.82, 2.24) is 4.31 Å². The first kappa shape index (κ1) is 19.9. The van der Waals surface area contributed by atoms with Gasteiger partial charge in [-0.25, -0.2) is 8.42 Å². The monoisotopic (exact) mass is 369 g/mol. The number of hydrogen-bond acceptors (Lipinski definition) is 5. The van der Waals surface area contributed by atoms with Crippen LogP contribution >= 0.6 is 0 Å². The van der Waals surface area contributed by atoms with Crippen LogP contribution in [0, 0.1) is 12.8 Å². The van der Waals surface area contributed by atoms with Crippen molar-refractivity contribution in [1.29, 1.82) is 0 Å². The first-order chi connectivity index (χ1) is 11.8. The van der Waals surface area contributed by atoms with Crippen molar-refractivity contribution in [2.24, 2.45) is 5.92 Å². The van der Waals surface area contributed by atoms with Crippen molar-refractivity contribution < 1.29 is 22.7 Å². The second-order valence-electron chi connectivity index (χ2n) is 6.58. The summed E-state index contributed by atoms with van der Waals surface area (Å²) in [5.41, 5.74) is 1.02. The maximum atomic E-state index is 12.6. The molecular weight excluding hydrogens is 342 g/mol. The summed E-state index contributed by atoms with van der Waals surface area (Å²) in [7, 11) is -3.50. The Kier molecular flexibility index (Phi) is 6.98. The van der Waals surface area contributed by atoms with Crippen molar-refractivity contribution in [2.45, 2.75) is 44.6 Å². The molecule has 1 saturated heterocycles. The molecule has 2 rings (SSSR count).